The molecule has 29 heavy (non-hydrogen) atoms. The van der Waals surface area contributed by atoms with Crippen LogP contribution in [0.25, 0.3) is 0 Å². The van der Waals surface area contributed by atoms with Crippen molar-refractivity contribution in [3.05, 3.63) is 59.0 Å². The molecular formula is C18H14F3N5O2S. The van der Waals surface area contributed by atoms with Gasteiger partial charge in [0, 0.05) is 18.8 Å². The molecule has 1 aliphatic rings. The van der Waals surface area contributed by atoms with Gasteiger partial charge in [-0.05, 0) is 31.2 Å². The SMILES string of the molecule is C[C@H]1CN(c2ccc(C(F)(F)F)s2)C(=O)c2c(C(=O)Nc3ccnnc3)ccn21. The normalized spacial score (nSPS) is 16.6. The molecule has 0 fully saturated rings. The summed E-state index contributed by atoms with van der Waals surface area (Å²) < 4.78 is 40.5. The van der Waals surface area contributed by atoms with Gasteiger partial charge in [0.25, 0.3) is 11.8 Å². The maximum Gasteiger partial charge on any atom is 0.425 e. The number of carbonyl (C=O) groups excluding carboxylic acids is 2. The summed E-state index contributed by atoms with van der Waals surface area (Å²) in [5, 5.41) is 10.1. The molecule has 3 aromatic rings. The molecule has 0 aromatic carbocycles. The van der Waals surface area contributed by atoms with Gasteiger partial charge in [0.15, 0.2) is 0 Å². The third-order valence-electron chi connectivity index (χ3n) is 4.51. The summed E-state index contributed by atoms with van der Waals surface area (Å²) >= 11 is 0.501. The Morgan fingerprint density at radius 2 is 2.03 bits per heavy atom. The van der Waals surface area contributed by atoms with E-state index in [-0.39, 0.29) is 28.8 Å². The average Bonchev–Trinajstić information content (AvgIpc) is 3.33. The second kappa shape index (κ2) is 6.99. The summed E-state index contributed by atoms with van der Waals surface area (Å²) in [5.74, 6) is -1.04. The molecule has 0 saturated carbocycles. The van der Waals surface area contributed by atoms with Crippen molar-refractivity contribution in [1.82, 2.24) is 14.8 Å². The summed E-state index contributed by atoms with van der Waals surface area (Å²) in [5.41, 5.74) is 0.673. The van der Waals surface area contributed by atoms with Crippen molar-refractivity contribution in [3.8, 4) is 0 Å². The van der Waals surface area contributed by atoms with Crippen molar-refractivity contribution >= 4 is 33.8 Å². The number of nitrogens with zero attached hydrogens (tertiary/aromatic N) is 4. The average molecular weight is 421 g/mol. The Labute approximate surface area is 166 Å². The highest BCUT2D eigenvalue weighted by Crippen LogP contribution is 2.40. The predicted molar refractivity (Wildman–Crippen MR) is 100 cm³/mol. The maximum absolute atomic E-state index is 13.1. The van der Waals surface area contributed by atoms with Crippen LogP contribution >= 0.6 is 11.3 Å². The number of rotatable bonds is 3. The molecule has 11 heteroatoms. The number of halogens is 3. The molecule has 0 radical (unpaired) electrons. The van der Waals surface area contributed by atoms with E-state index in [1.54, 1.807) is 16.8 Å². The summed E-state index contributed by atoms with van der Waals surface area (Å²) in [6.45, 7) is 2.03. The van der Waals surface area contributed by atoms with Gasteiger partial charge in [-0.3, -0.25) is 14.5 Å². The van der Waals surface area contributed by atoms with E-state index in [4.69, 9.17) is 0 Å². The first kappa shape index (κ1) is 19.1. The van der Waals surface area contributed by atoms with Crippen LogP contribution in [0.5, 0.6) is 0 Å². The summed E-state index contributed by atoms with van der Waals surface area (Å²) in [4.78, 5) is 26.3. The minimum Gasteiger partial charge on any atom is -0.338 e. The number of aromatic nitrogens is 3. The van der Waals surface area contributed by atoms with E-state index < -0.39 is 22.9 Å². The molecule has 3 aromatic heterocycles. The van der Waals surface area contributed by atoms with Crippen molar-refractivity contribution in [1.29, 1.82) is 0 Å². The lowest BCUT2D eigenvalue weighted by Gasteiger charge is -2.32. The Kier molecular flexibility index (Phi) is 4.61. The zero-order chi connectivity index (χ0) is 20.8. The molecule has 0 saturated heterocycles. The summed E-state index contributed by atoms with van der Waals surface area (Å²) in [6, 6.07) is 5.08. The van der Waals surface area contributed by atoms with Gasteiger partial charge in [-0.25, -0.2) is 0 Å². The zero-order valence-electron chi connectivity index (χ0n) is 15.0. The van der Waals surface area contributed by atoms with Crippen molar-refractivity contribution in [2.45, 2.75) is 19.1 Å². The molecule has 1 aliphatic heterocycles. The van der Waals surface area contributed by atoms with Crippen LogP contribution in [-0.4, -0.2) is 33.1 Å². The van der Waals surface area contributed by atoms with Gasteiger partial charge in [-0.15, -0.1) is 11.3 Å². The number of amides is 2. The van der Waals surface area contributed by atoms with E-state index in [0.29, 0.717) is 17.0 Å². The van der Waals surface area contributed by atoms with Crippen molar-refractivity contribution in [2.75, 3.05) is 16.8 Å². The number of nitrogens with one attached hydrogen (secondary N) is 1. The van der Waals surface area contributed by atoms with E-state index in [9.17, 15) is 22.8 Å². The fourth-order valence-electron chi connectivity index (χ4n) is 3.16. The van der Waals surface area contributed by atoms with Gasteiger partial charge < -0.3 is 9.88 Å². The quantitative estimate of drug-likeness (QED) is 0.697. The Morgan fingerprint density at radius 3 is 2.69 bits per heavy atom. The van der Waals surface area contributed by atoms with E-state index >= 15 is 0 Å². The molecule has 0 bridgehead atoms. The molecule has 1 N–H and O–H groups in total. The third-order valence-corrected chi connectivity index (χ3v) is 5.66. The molecule has 4 heterocycles. The van der Waals surface area contributed by atoms with Crippen molar-refractivity contribution in [3.63, 3.8) is 0 Å². The Morgan fingerprint density at radius 1 is 1.24 bits per heavy atom. The smallest absolute Gasteiger partial charge is 0.338 e. The highest BCUT2D eigenvalue weighted by molar-refractivity contribution is 7.16. The van der Waals surface area contributed by atoms with E-state index in [1.165, 1.54) is 29.4 Å². The number of alkyl halides is 3. The van der Waals surface area contributed by atoms with E-state index in [2.05, 4.69) is 15.5 Å². The second-order valence-corrected chi connectivity index (χ2v) is 7.53. The van der Waals surface area contributed by atoms with Crippen LogP contribution in [0.2, 0.25) is 0 Å². The predicted octanol–water partition coefficient (Wildman–Crippen LogP) is 3.83. The highest BCUT2D eigenvalue weighted by atomic mass is 32.1. The van der Waals surface area contributed by atoms with Gasteiger partial charge in [-0.1, -0.05) is 0 Å². The largest absolute Gasteiger partial charge is 0.425 e. The first-order valence-electron chi connectivity index (χ1n) is 8.53. The summed E-state index contributed by atoms with van der Waals surface area (Å²) in [7, 11) is 0. The molecule has 1 atom stereocenters. The van der Waals surface area contributed by atoms with Crippen molar-refractivity contribution in [2.24, 2.45) is 0 Å². The molecule has 2 amide bonds. The number of hydrogen-bond acceptors (Lipinski definition) is 5. The minimum atomic E-state index is -4.47. The number of thiophene rings is 1. The van der Waals surface area contributed by atoms with Crippen LogP contribution in [0.3, 0.4) is 0 Å². The first-order chi connectivity index (χ1) is 13.8. The lowest BCUT2D eigenvalue weighted by Crippen LogP contribution is -2.42. The number of anilines is 2. The van der Waals surface area contributed by atoms with Gasteiger partial charge in [0.2, 0.25) is 0 Å². The lowest BCUT2D eigenvalue weighted by atomic mass is 10.1. The minimum absolute atomic E-state index is 0.130. The maximum atomic E-state index is 13.1. The molecule has 150 valence electrons. The fraction of sp³-hybridized carbons (Fsp3) is 0.222. The van der Waals surface area contributed by atoms with Crippen LogP contribution in [-0.2, 0) is 6.18 Å². The Bertz CT molecular complexity index is 1080. The standard InChI is InChI=1S/C18H14F3N5O2S/c1-10-9-26(14-3-2-13(29-14)18(19,20)21)17(28)15-12(5-7-25(10)15)16(27)24-11-4-6-22-23-8-11/h2-8,10H,9H2,1H3,(H,22,24,27)/t10-/m0/s1. The van der Waals surface area contributed by atoms with Crippen LogP contribution < -0.4 is 10.2 Å². The van der Waals surface area contributed by atoms with Gasteiger partial charge in [-0.2, -0.15) is 23.4 Å². The molecule has 4 rings (SSSR count). The highest BCUT2D eigenvalue weighted by Gasteiger charge is 2.37. The fourth-order valence-corrected chi connectivity index (χ4v) is 4.05. The van der Waals surface area contributed by atoms with Crippen LogP contribution in [0.15, 0.2) is 42.9 Å². The molecular weight excluding hydrogens is 407 g/mol. The number of fused-ring (bicyclic) bond motifs is 1. The topological polar surface area (TPSA) is 80.1 Å². The van der Waals surface area contributed by atoms with Gasteiger partial charge >= 0.3 is 6.18 Å². The Hall–Kier alpha value is -3.21. The second-order valence-electron chi connectivity index (χ2n) is 6.47. The molecule has 0 spiro atoms. The molecule has 0 aliphatic carbocycles. The van der Waals surface area contributed by atoms with E-state index in [0.717, 1.165) is 6.07 Å². The first-order valence-corrected chi connectivity index (χ1v) is 9.35. The van der Waals surface area contributed by atoms with Crippen LogP contribution in [0.1, 0.15) is 38.7 Å². The zero-order valence-corrected chi connectivity index (χ0v) is 15.8. The van der Waals surface area contributed by atoms with Gasteiger partial charge in [0.1, 0.15) is 10.6 Å². The Balaban J connectivity index is 1.66. The van der Waals surface area contributed by atoms with Crippen LogP contribution in [0, 0.1) is 0 Å². The lowest BCUT2D eigenvalue weighted by molar-refractivity contribution is -0.134. The summed E-state index contributed by atoms with van der Waals surface area (Å²) in [6.07, 6.45) is -0.0714. The number of carbonyl (C=O) groups is 2. The third kappa shape index (κ3) is 3.48. The van der Waals surface area contributed by atoms with Gasteiger partial charge in [0.05, 0.1) is 28.6 Å². The van der Waals surface area contributed by atoms with Crippen molar-refractivity contribution < 1.29 is 22.8 Å². The molecule has 7 nitrogen and oxygen atoms in total. The monoisotopic (exact) mass is 421 g/mol. The number of hydrogen-bond donors (Lipinski definition) is 1. The van der Waals surface area contributed by atoms with E-state index in [1.807, 2.05) is 6.92 Å². The van der Waals surface area contributed by atoms with Crippen LogP contribution in [0.4, 0.5) is 23.9 Å². The molecule has 0 unspecified atom stereocenters.